The molecule has 1 saturated heterocycles. The summed E-state index contributed by atoms with van der Waals surface area (Å²) in [5.74, 6) is 0. The van der Waals surface area contributed by atoms with Gasteiger partial charge in [0.05, 0.1) is 12.6 Å². The number of hydrogen-bond donors (Lipinski definition) is 2. The summed E-state index contributed by atoms with van der Waals surface area (Å²) >= 11 is 0. The number of rotatable bonds is 4. The van der Waals surface area contributed by atoms with Crippen molar-refractivity contribution < 1.29 is 14.6 Å². The molecule has 1 aliphatic rings. The van der Waals surface area contributed by atoms with Gasteiger partial charge in [0.2, 0.25) is 0 Å². The number of amides is 1. The standard InChI is InChI=1S/C17H26N2O3/c1-17(2,3)22-16(21)19-10-4-5-15(19)11-18-14-8-6-13(12-20)7-9-14/h6-9,15,18,20H,4-5,10-12H2,1-3H3. The van der Waals surface area contributed by atoms with E-state index in [0.29, 0.717) is 6.54 Å². The normalized spacial score (nSPS) is 18.4. The Morgan fingerprint density at radius 1 is 1.36 bits per heavy atom. The molecule has 0 aliphatic carbocycles. The van der Waals surface area contributed by atoms with Gasteiger partial charge in [0, 0.05) is 18.8 Å². The lowest BCUT2D eigenvalue weighted by Crippen LogP contribution is -2.42. The smallest absolute Gasteiger partial charge is 0.410 e. The topological polar surface area (TPSA) is 61.8 Å². The van der Waals surface area contributed by atoms with Crippen molar-refractivity contribution in [1.29, 1.82) is 0 Å². The second kappa shape index (κ2) is 7.01. The second-order valence-corrected chi connectivity index (χ2v) is 6.71. The predicted octanol–water partition coefficient (Wildman–Crippen LogP) is 2.99. The van der Waals surface area contributed by atoms with E-state index in [1.54, 1.807) is 0 Å². The van der Waals surface area contributed by atoms with Crippen LogP contribution < -0.4 is 5.32 Å². The number of benzene rings is 1. The summed E-state index contributed by atoms with van der Waals surface area (Å²) in [6.45, 7) is 7.17. The minimum Gasteiger partial charge on any atom is -0.444 e. The molecular formula is C17H26N2O3. The van der Waals surface area contributed by atoms with Gasteiger partial charge in [-0.25, -0.2) is 4.79 Å². The number of ether oxygens (including phenoxy) is 1. The quantitative estimate of drug-likeness (QED) is 0.897. The molecule has 122 valence electrons. The van der Waals surface area contributed by atoms with Crippen LogP contribution in [0.1, 0.15) is 39.2 Å². The highest BCUT2D eigenvalue weighted by Crippen LogP contribution is 2.21. The third-order valence-corrected chi connectivity index (χ3v) is 3.68. The van der Waals surface area contributed by atoms with E-state index in [-0.39, 0.29) is 18.7 Å². The number of nitrogens with one attached hydrogen (secondary N) is 1. The minimum atomic E-state index is -0.461. The fourth-order valence-corrected chi connectivity index (χ4v) is 2.57. The summed E-state index contributed by atoms with van der Waals surface area (Å²) in [4.78, 5) is 14.0. The van der Waals surface area contributed by atoms with Crippen LogP contribution in [0.25, 0.3) is 0 Å². The van der Waals surface area contributed by atoms with Crippen molar-refractivity contribution in [2.24, 2.45) is 0 Å². The summed E-state index contributed by atoms with van der Waals surface area (Å²) in [5.41, 5.74) is 1.42. The van der Waals surface area contributed by atoms with Crippen molar-refractivity contribution >= 4 is 11.8 Å². The predicted molar refractivity (Wildman–Crippen MR) is 86.8 cm³/mol. The molecule has 2 rings (SSSR count). The van der Waals surface area contributed by atoms with Crippen LogP contribution in [0, 0.1) is 0 Å². The summed E-state index contributed by atoms with van der Waals surface area (Å²) in [6.07, 6.45) is 1.77. The molecule has 0 saturated carbocycles. The van der Waals surface area contributed by atoms with Gasteiger partial charge in [-0.2, -0.15) is 0 Å². The number of likely N-dealkylation sites (tertiary alicyclic amines) is 1. The van der Waals surface area contributed by atoms with Crippen LogP contribution in [-0.4, -0.2) is 40.8 Å². The molecular weight excluding hydrogens is 280 g/mol. The lowest BCUT2D eigenvalue weighted by molar-refractivity contribution is 0.0235. The highest BCUT2D eigenvalue weighted by atomic mass is 16.6. The number of anilines is 1. The first-order valence-corrected chi connectivity index (χ1v) is 7.82. The molecule has 1 aromatic carbocycles. The second-order valence-electron chi connectivity index (χ2n) is 6.71. The lowest BCUT2D eigenvalue weighted by atomic mass is 10.2. The first kappa shape index (κ1) is 16.6. The molecule has 0 bridgehead atoms. The number of carbonyl (C=O) groups is 1. The van der Waals surface area contributed by atoms with Crippen LogP contribution in [0.3, 0.4) is 0 Å². The molecule has 5 heteroatoms. The van der Waals surface area contributed by atoms with Gasteiger partial charge in [0.15, 0.2) is 0 Å². The van der Waals surface area contributed by atoms with Gasteiger partial charge in [0.1, 0.15) is 5.60 Å². The van der Waals surface area contributed by atoms with E-state index in [9.17, 15) is 4.79 Å². The Hall–Kier alpha value is -1.75. The third-order valence-electron chi connectivity index (χ3n) is 3.68. The molecule has 0 radical (unpaired) electrons. The van der Waals surface area contributed by atoms with Crippen molar-refractivity contribution in [1.82, 2.24) is 4.90 Å². The molecule has 22 heavy (non-hydrogen) atoms. The lowest BCUT2D eigenvalue weighted by Gasteiger charge is -2.29. The summed E-state index contributed by atoms with van der Waals surface area (Å²) in [7, 11) is 0. The van der Waals surface area contributed by atoms with E-state index < -0.39 is 5.60 Å². The van der Waals surface area contributed by atoms with E-state index in [0.717, 1.165) is 30.6 Å². The van der Waals surface area contributed by atoms with E-state index >= 15 is 0 Å². The van der Waals surface area contributed by atoms with Crippen LogP contribution in [-0.2, 0) is 11.3 Å². The molecule has 1 aromatic rings. The molecule has 1 aliphatic heterocycles. The van der Waals surface area contributed by atoms with E-state index in [1.807, 2.05) is 49.9 Å². The van der Waals surface area contributed by atoms with Crippen molar-refractivity contribution in [3.63, 3.8) is 0 Å². The Labute approximate surface area is 132 Å². The molecule has 1 atom stereocenters. The Morgan fingerprint density at radius 3 is 2.64 bits per heavy atom. The number of nitrogens with zero attached hydrogens (tertiary/aromatic N) is 1. The van der Waals surface area contributed by atoms with Gasteiger partial charge in [0.25, 0.3) is 0 Å². The Kier molecular flexibility index (Phi) is 5.29. The molecule has 1 fully saturated rings. The molecule has 1 heterocycles. The number of hydrogen-bond acceptors (Lipinski definition) is 4. The van der Waals surface area contributed by atoms with Crippen molar-refractivity contribution in [3.8, 4) is 0 Å². The van der Waals surface area contributed by atoms with Gasteiger partial charge >= 0.3 is 6.09 Å². The molecule has 1 amide bonds. The van der Waals surface area contributed by atoms with Gasteiger partial charge in [-0.15, -0.1) is 0 Å². The van der Waals surface area contributed by atoms with Crippen LogP contribution in [0.15, 0.2) is 24.3 Å². The zero-order valence-electron chi connectivity index (χ0n) is 13.6. The van der Waals surface area contributed by atoms with Gasteiger partial charge < -0.3 is 20.1 Å². The summed E-state index contributed by atoms with van der Waals surface area (Å²) in [5, 5.41) is 12.4. The maximum Gasteiger partial charge on any atom is 0.410 e. The van der Waals surface area contributed by atoms with E-state index in [1.165, 1.54) is 0 Å². The SMILES string of the molecule is CC(C)(C)OC(=O)N1CCCC1CNc1ccc(CO)cc1. The maximum absolute atomic E-state index is 12.2. The van der Waals surface area contributed by atoms with Crippen molar-refractivity contribution in [2.75, 3.05) is 18.4 Å². The van der Waals surface area contributed by atoms with Crippen LogP contribution in [0.5, 0.6) is 0 Å². The summed E-state index contributed by atoms with van der Waals surface area (Å²) < 4.78 is 5.47. The molecule has 0 spiro atoms. The number of aliphatic hydroxyl groups is 1. The Balaban J connectivity index is 1.89. The Morgan fingerprint density at radius 2 is 2.05 bits per heavy atom. The van der Waals surface area contributed by atoms with E-state index in [4.69, 9.17) is 9.84 Å². The molecule has 1 unspecified atom stereocenters. The average molecular weight is 306 g/mol. The monoisotopic (exact) mass is 306 g/mol. The van der Waals surface area contributed by atoms with Crippen LogP contribution >= 0.6 is 0 Å². The van der Waals surface area contributed by atoms with Crippen LogP contribution in [0.4, 0.5) is 10.5 Å². The molecule has 0 aromatic heterocycles. The number of aliphatic hydroxyl groups excluding tert-OH is 1. The first-order valence-electron chi connectivity index (χ1n) is 7.82. The van der Waals surface area contributed by atoms with Crippen LogP contribution in [0.2, 0.25) is 0 Å². The van der Waals surface area contributed by atoms with E-state index in [2.05, 4.69) is 5.32 Å². The fraction of sp³-hybridized carbons (Fsp3) is 0.588. The third kappa shape index (κ3) is 4.63. The maximum atomic E-state index is 12.2. The first-order chi connectivity index (χ1) is 10.4. The zero-order valence-corrected chi connectivity index (χ0v) is 13.6. The molecule has 2 N–H and O–H groups in total. The zero-order chi connectivity index (χ0) is 16.2. The average Bonchev–Trinajstić information content (AvgIpc) is 2.92. The number of carbonyl (C=O) groups excluding carboxylic acids is 1. The fourth-order valence-electron chi connectivity index (χ4n) is 2.57. The minimum absolute atomic E-state index is 0.0509. The highest BCUT2D eigenvalue weighted by Gasteiger charge is 2.31. The highest BCUT2D eigenvalue weighted by molar-refractivity contribution is 5.69. The van der Waals surface area contributed by atoms with Crippen molar-refractivity contribution in [2.45, 2.75) is 51.9 Å². The van der Waals surface area contributed by atoms with Gasteiger partial charge in [-0.1, -0.05) is 12.1 Å². The van der Waals surface area contributed by atoms with Gasteiger partial charge in [-0.3, -0.25) is 0 Å². The van der Waals surface area contributed by atoms with Gasteiger partial charge in [-0.05, 0) is 51.3 Å². The Bertz CT molecular complexity index is 494. The van der Waals surface area contributed by atoms with Crippen molar-refractivity contribution in [3.05, 3.63) is 29.8 Å². The largest absolute Gasteiger partial charge is 0.444 e. The molecule has 5 nitrogen and oxygen atoms in total. The summed E-state index contributed by atoms with van der Waals surface area (Å²) in [6, 6.07) is 7.83.